The zero-order chi connectivity index (χ0) is 20.1. The number of benzene rings is 2. The second-order valence-electron chi connectivity index (χ2n) is 6.98. The Morgan fingerprint density at radius 2 is 1.90 bits per heavy atom. The molecule has 5 aromatic rings. The topological polar surface area (TPSA) is 53.1 Å². The second kappa shape index (κ2) is 6.44. The fourth-order valence-corrected chi connectivity index (χ4v) is 4.01. The van der Waals surface area contributed by atoms with Crippen LogP contribution in [0.5, 0.6) is 5.75 Å². The van der Waals surface area contributed by atoms with Crippen molar-refractivity contribution in [1.82, 2.24) is 14.7 Å². The molecule has 0 saturated carbocycles. The van der Waals surface area contributed by atoms with Crippen LogP contribution < -0.4 is 4.74 Å². The summed E-state index contributed by atoms with van der Waals surface area (Å²) in [5, 5.41) is 6.03. The zero-order valence-corrected chi connectivity index (χ0v) is 16.2. The highest BCUT2D eigenvalue weighted by atomic mass is 19.1. The summed E-state index contributed by atoms with van der Waals surface area (Å²) in [5.74, 6) is 1.15. The number of rotatable bonds is 3. The molecule has 2 aromatic carbocycles. The standard InChI is InChI=1S/C23H18FN3O2/c1-13-23(14(2)29-26-13)18-10-21-17(11-22(18)28-3)19-12-25-8-7-20(19)27(21)16-6-4-5-15(24)9-16/h4-12H,1-3H3. The maximum atomic E-state index is 14.0. The minimum Gasteiger partial charge on any atom is -0.496 e. The molecule has 5 rings (SSSR count). The van der Waals surface area contributed by atoms with Gasteiger partial charge >= 0.3 is 0 Å². The molecular weight excluding hydrogens is 369 g/mol. The summed E-state index contributed by atoms with van der Waals surface area (Å²) in [6, 6.07) is 12.5. The van der Waals surface area contributed by atoms with E-state index in [0.717, 1.165) is 50.1 Å². The molecule has 0 saturated heterocycles. The molecule has 0 amide bonds. The average molecular weight is 387 g/mol. The predicted octanol–water partition coefficient (Wildman–Crippen LogP) is 5.60. The lowest BCUT2D eigenvalue weighted by Gasteiger charge is -2.12. The summed E-state index contributed by atoms with van der Waals surface area (Å²) in [6.45, 7) is 3.78. The number of fused-ring (bicyclic) bond motifs is 3. The van der Waals surface area contributed by atoms with E-state index in [9.17, 15) is 4.39 Å². The molecular formula is C23H18FN3O2. The largest absolute Gasteiger partial charge is 0.496 e. The molecule has 0 radical (unpaired) electrons. The Balaban J connectivity index is 1.94. The van der Waals surface area contributed by atoms with Crippen molar-refractivity contribution in [3.63, 3.8) is 0 Å². The zero-order valence-electron chi connectivity index (χ0n) is 16.2. The van der Waals surface area contributed by atoms with Gasteiger partial charge in [0.05, 0.1) is 29.4 Å². The SMILES string of the molecule is COc1cc2c3cnccc3n(-c3cccc(F)c3)c2cc1-c1c(C)noc1C. The van der Waals surface area contributed by atoms with Gasteiger partial charge in [-0.3, -0.25) is 4.98 Å². The van der Waals surface area contributed by atoms with Crippen LogP contribution in [-0.4, -0.2) is 21.8 Å². The highest BCUT2D eigenvalue weighted by Gasteiger charge is 2.21. The van der Waals surface area contributed by atoms with Crippen molar-refractivity contribution in [2.75, 3.05) is 7.11 Å². The fraction of sp³-hybridized carbons (Fsp3) is 0.130. The van der Waals surface area contributed by atoms with E-state index in [2.05, 4.69) is 10.1 Å². The third kappa shape index (κ3) is 2.60. The highest BCUT2D eigenvalue weighted by molar-refractivity contribution is 6.10. The maximum absolute atomic E-state index is 14.0. The molecule has 0 aliphatic rings. The van der Waals surface area contributed by atoms with Gasteiger partial charge in [-0.25, -0.2) is 4.39 Å². The Labute approximate surface area is 166 Å². The smallest absolute Gasteiger partial charge is 0.141 e. The minimum absolute atomic E-state index is 0.286. The first-order valence-electron chi connectivity index (χ1n) is 9.24. The summed E-state index contributed by atoms with van der Waals surface area (Å²) in [7, 11) is 1.65. The first-order chi connectivity index (χ1) is 14.1. The minimum atomic E-state index is -0.286. The van der Waals surface area contributed by atoms with Crippen LogP contribution >= 0.6 is 0 Å². The van der Waals surface area contributed by atoms with Crippen molar-refractivity contribution in [3.8, 4) is 22.6 Å². The fourth-order valence-electron chi connectivity index (χ4n) is 4.01. The Kier molecular flexibility index (Phi) is 3.87. The highest BCUT2D eigenvalue weighted by Crippen LogP contribution is 2.41. The van der Waals surface area contributed by atoms with Gasteiger partial charge in [0, 0.05) is 34.4 Å². The third-order valence-corrected chi connectivity index (χ3v) is 5.26. The molecule has 0 unspecified atom stereocenters. The summed E-state index contributed by atoms with van der Waals surface area (Å²) >= 11 is 0. The van der Waals surface area contributed by atoms with Crippen LogP contribution in [0, 0.1) is 19.7 Å². The lowest BCUT2D eigenvalue weighted by molar-refractivity contribution is 0.393. The quantitative estimate of drug-likeness (QED) is 0.404. The van der Waals surface area contributed by atoms with Gasteiger partial charge < -0.3 is 13.8 Å². The Morgan fingerprint density at radius 3 is 2.62 bits per heavy atom. The number of halogens is 1. The van der Waals surface area contributed by atoms with E-state index in [4.69, 9.17) is 9.26 Å². The number of nitrogens with zero attached hydrogens (tertiary/aromatic N) is 3. The number of methoxy groups -OCH3 is 1. The molecule has 29 heavy (non-hydrogen) atoms. The van der Waals surface area contributed by atoms with E-state index < -0.39 is 0 Å². The van der Waals surface area contributed by atoms with Crippen LogP contribution in [0.15, 0.2) is 59.4 Å². The molecule has 5 nitrogen and oxygen atoms in total. The summed E-state index contributed by atoms with van der Waals surface area (Å²) < 4.78 is 27.1. The van der Waals surface area contributed by atoms with Crippen molar-refractivity contribution in [3.05, 3.63) is 72.1 Å². The van der Waals surface area contributed by atoms with Gasteiger partial charge in [-0.1, -0.05) is 11.2 Å². The van der Waals surface area contributed by atoms with Crippen LogP contribution in [0.2, 0.25) is 0 Å². The molecule has 144 valence electrons. The first kappa shape index (κ1) is 17.4. The van der Waals surface area contributed by atoms with Crippen LogP contribution in [0.4, 0.5) is 4.39 Å². The lowest BCUT2D eigenvalue weighted by atomic mass is 10.0. The van der Waals surface area contributed by atoms with Gasteiger partial charge in [0.15, 0.2) is 0 Å². The van der Waals surface area contributed by atoms with E-state index in [1.165, 1.54) is 12.1 Å². The molecule has 0 atom stereocenters. The Hall–Kier alpha value is -3.67. The summed E-state index contributed by atoms with van der Waals surface area (Å²) in [4.78, 5) is 4.29. The van der Waals surface area contributed by atoms with Gasteiger partial charge in [-0.2, -0.15) is 0 Å². The van der Waals surface area contributed by atoms with Gasteiger partial charge in [-0.15, -0.1) is 0 Å². The second-order valence-corrected chi connectivity index (χ2v) is 6.98. The summed E-state index contributed by atoms with van der Waals surface area (Å²) in [5.41, 5.74) is 5.18. The van der Waals surface area contributed by atoms with E-state index >= 15 is 0 Å². The number of aromatic nitrogens is 3. The van der Waals surface area contributed by atoms with E-state index in [1.807, 2.05) is 48.9 Å². The van der Waals surface area contributed by atoms with Crippen LogP contribution in [0.3, 0.4) is 0 Å². The molecule has 6 heteroatoms. The number of hydrogen-bond acceptors (Lipinski definition) is 4. The summed E-state index contributed by atoms with van der Waals surface area (Å²) in [6.07, 6.45) is 3.56. The Bertz CT molecular complexity index is 1360. The predicted molar refractivity (Wildman–Crippen MR) is 110 cm³/mol. The first-order valence-corrected chi connectivity index (χ1v) is 9.24. The number of ether oxygens (including phenoxy) is 1. The number of hydrogen-bond donors (Lipinski definition) is 0. The van der Waals surface area contributed by atoms with Crippen LogP contribution in [0.25, 0.3) is 38.6 Å². The Morgan fingerprint density at radius 1 is 1.03 bits per heavy atom. The lowest BCUT2D eigenvalue weighted by Crippen LogP contribution is -1.96. The van der Waals surface area contributed by atoms with Crippen molar-refractivity contribution < 1.29 is 13.7 Å². The molecule has 0 spiro atoms. The van der Waals surface area contributed by atoms with Crippen molar-refractivity contribution in [2.24, 2.45) is 0 Å². The molecule has 0 bridgehead atoms. The molecule has 0 aliphatic heterocycles. The van der Waals surface area contributed by atoms with Gasteiger partial charge in [0.1, 0.15) is 17.3 Å². The van der Waals surface area contributed by atoms with Crippen molar-refractivity contribution in [2.45, 2.75) is 13.8 Å². The molecule has 3 aromatic heterocycles. The van der Waals surface area contributed by atoms with E-state index in [1.54, 1.807) is 19.4 Å². The van der Waals surface area contributed by atoms with Crippen molar-refractivity contribution >= 4 is 21.8 Å². The monoisotopic (exact) mass is 387 g/mol. The number of aryl methyl sites for hydroxylation is 2. The molecule has 3 heterocycles. The normalized spacial score (nSPS) is 11.4. The van der Waals surface area contributed by atoms with E-state index in [0.29, 0.717) is 5.75 Å². The molecule has 0 aliphatic carbocycles. The maximum Gasteiger partial charge on any atom is 0.141 e. The van der Waals surface area contributed by atoms with E-state index in [-0.39, 0.29) is 5.82 Å². The van der Waals surface area contributed by atoms with Crippen molar-refractivity contribution in [1.29, 1.82) is 0 Å². The van der Waals surface area contributed by atoms with Crippen LogP contribution in [0.1, 0.15) is 11.5 Å². The number of pyridine rings is 1. The molecule has 0 N–H and O–H groups in total. The third-order valence-electron chi connectivity index (χ3n) is 5.26. The molecule has 0 fully saturated rings. The van der Waals surface area contributed by atoms with Crippen LogP contribution in [-0.2, 0) is 0 Å². The van der Waals surface area contributed by atoms with Gasteiger partial charge in [0.25, 0.3) is 0 Å². The average Bonchev–Trinajstić information content (AvgIpc) is 3.23. The van der Waals surface area contributed by atoms with Gasteiger partial charge in [0.2, 0.25) is 0 Å². The van der Waals surface area contributed by atoms with Gasteiger partial charge in [-0.05, 0) is 50.2 Å².